The van der Waals surface area contributed by atoms with Crippen LogP contribution in [0.4, 0.5) is 0 Å². The molecular formula is C12H14N2O. The van der Waals surface area contributed by atoms with Crippen LogP contribution in [0.5, 0.6) is 0 Å². The molecule has 0 radical (unpaired) electrons. The minimum Gasteiger partial charge on any atom is -0.361 e. The number of hydrogen-bond donors (Lipinski definition) is 1. The molecule has 0 atom stereocenters. The van der Waals surface area contributed by atoms with Crippen molar-refractivity contribution in [2.24, 2.45) is 5.73 Å². The van der Waals surface area contributed by atoms with E-state index in [1.54, 1.807) is 0 Å². The lowest BCUT2D eigenvalue weighted by Crippen LogP contribution is -2.03. The van der Waals surface area contributed by atoms with Gasteiger partial charge >= 0.3 is 0 Å². The van der Waals surface area contributed by atoms with E-state index < -0.39 is 0 Å². The van der Waals surface area contributed by atoms with E-state index in [2.05, 4.69) is 5.16 Å². The summed E-state index contributed by atoms with van der Waals surface area (Å²) in [7, 11) is 0. The van der Waals surface area contributed by atoms with Gasteiger partial charge < -0.3 is 10.3 Å². The van der Waals surface area contributed by atoms with E-state index in [0.29, 0.717) is 6.54 Å². The van der Waals surface area contributed by atoms with Crippen molar-refractivity contribution in [3.63, 3.8) is 0 Å². The monoisotopic (exact) mass is 202 g/mol. The molecule has 15 heavy (non-hydrogen) atoms. The highest BCUT2D eigenvalue weighted by atomic mass is 16.5. The van der Waals surface area contributed by atoms with Gasteiger partial charge in [0.2, 0.25) is 0 Å². The van der Waals surface area contributed by atoms with Crippen molar-refractivity contribution in [3.8, 4) is 11.3 Å². The van der Waals surface area contributed by atoms with Gasteiger partial charge in [-0.05, 0) is 19.9 Å². The summed E-state index contributed by atoms with van der Waals surface area (Å²) in [6, 6.07) is 10.0. The van der Waals surface area contributed by atoms with Crippen LogP contribution in [0.1, 0.15) is 11.3 Å². The van der Waals surface area contributed by atoms with Crippen molar-refractivity contribution < 1.29 is 4.52 Å². The molecule has 0 fully saturated rings. The van der Waals surface area contributed by atoms with E-state index >= 15 is 0 Å². The number of hydrogen-bond acceptors (Lipinski definition) is 3. The molecule has 2 rings (SSSR count). The van der Waals surface area contributed by atoms with Crippen molar-refractivity contribution in [2.45, 2.75) is 13.3 Å². The van der Waals surface area contributed by atoms with Gasteiger partial charge in [0.1, 0.15) is 11.5 Å². The Morgan fingerprint density at radius 2 is 2.00 bits per heavy atom. The normalized spacial score (nSPS) is 10.5. The number of aromatic nitrogens is 1. The second kappa shape index (κ2) is 4.28. The Morgan fingerprint density at radius 1 is 1.27 bits per heavy atom. The highest BCUT2D eigenvalue weighted by molar-refractivity contribution is 5.63. The van der Waals surface area contributed by atoms with Crippen LogP contribution in [0.3, 0.4) is 0 Å². The molecular weight excluding hydrogens is 188 g/mol. The second-order valence-corrected chi connectivity index (χ2v) is 3.47. The first kappa shape index (κ1) is 9.93. The molecule has 3 nitrogen and oxygen atoms in total. The molecule has 3 heteroatoms. The zero-order chi connectivity index (χ0) is 10.7. The summed E-state index contributed by atoms with van der Waals surface area (Å²) >= 11 is 0. The smallest absolute Gasteiger partial charge is 0.137 e. The van der Waals surface area contributed by atoms with Crippen LogP contribution in [0.2, 0.25) is 0 Å². The van der Waals surface area contributed by atoms with E-state index in [4.69, 9.17) is 10.3 Å². The summed E-state index contributed by atoms with van der Waals surface area (Å²) in [5.41, 5.74) is 8.68. The summed E-state index contributed by atoms with van der Waals surface area (Å²) in [6.45, 7) is 2.53. The molecule has 0 amide bonds. The summed E-state index contributed by atoms with van der Waals surface area (Å²) in [6.07, 6.45) is 0.805. The Morgan fingerprint density at radius 3 is 2.67 bits per heavy atom. The topological polar surface area (TPSA) is 52.0 Å². The Bertz CT molecular complexity index is 434. The minimum absolute atomic E-state index is 0.613. The number of aryl methyl sites for hydroxylation is 1. The maximum absolute atomic E-state index is 5.57. The van der Waals surface area contributed by atoms with Gasteiger partial charge in [0.25, 0.3) is 0 Å². The molecule has 78 valence electrons. The highest BCUT2D eigenvalue weighted by Gasteiger charge is 2.12. The fourth-order valence-electron chi connectivity index (χ4n) is 1.65. The van der Waals surface area contributed by atoms with Gasteiger partial charge in [-0.15, -0.1) is 0 Å². The van der Waals surface area contributed by atoms with E-state index in [-0.39, 0.29) is 0 Å². The SMILES string of the molecule is Cc1onc(-c2ccccc2)c1CCN. The lowest BCUT2D eigenvalue weighted by molar-refractivity contribution is 0.398. The van der Waals surface area contributed by atoms with Crippen molar-refractivity contribution >= 4 is 0 Å². The predicted octanol–water partition coefficient (Wildman–Crippen LogP) is 2.15. The van der Waals surface area contributed by atoms with Crippen molar-refractivity contribution in [1.82, 2.24) is 5.16 Å². The highest BCUT2D eigenvalue weighted by Crippen LogP contribution is 2.24. The summed E-state index contributed by atoms with van der Waals surface area (Å²) in [4.78, 5) is 0. The second-order valence-electron chi connectivity index (χ2n) is 3.47. The Balaban J connectivity index is 2.44. The molecule has 2 aromatic rings. The average molecular weight is 202 g/mol. The molecule has 0 unspecified atom stereocenters. The lowest BCUT2D eigenvalue weighted by atomic mass is 10.0. The van der Waals surface area contributed by atoms with Crippen LogP contribution in [-0.4, -0.2) is 11.7 Å². The van der Waals surface area contributed by atoms with Gasteiger partial charge in [-0.1, -0.05) is 35.5 Å². The van der Waals surface area contributed by atoms with Gasteiger partial charge in [0.05, 0.1) is 0 Å². The fourth-order valence-corrected chi connectivity index (χ4v) is 1.65. The first-order valence-corrected chi connectivity index (χ1v) is 5.03. The molecule has 0 aliphatic rings. The molecule has 0 spiro atoms. The zero-order valence-electron chi connectivity index (χ0n) is 8.73. The Hall–Kier alpha value is -1.61. The summed E-state index contributed by atoms with van der Waals surface area (Å²) in [5, 5.41) is 4.07. The molecule has 0 bridgehead atoms. The van der Waals surface area contributed by atoms with E-state index in [1.807, 2.05) is 37.3 Å². The fraction of sp³-hybridized carbons (Fsp3) is 0.250. The van der Waals surface area contributed by atoms with Crippen molar-refractivity contribution in [1.29, 1.82) is 0 Å². The Labute approximate surface area is 88.9 Å². The molecule has 1 aromatic carbocycles. The van der Waals surface area contributed by atoms with Gasteiger partial charge in [-0.25, -0.2) is 0 Å². The van der Waals surface area contributed by atoms with E-state index in [9.17, 15) is 0 Å². The van der Waals surface area contributed by atoms with Crippen molar-refractivity contribution in [2.75, 3.05) is 6.54 Å². The maximum atomic E-state index is 5.57. The van der Waals surface area contributed by atoms with Crippen LogP contribution < -0.4 is 5.73 Å². The number of nitrogens with two attached hydrogens (primary N) is 1. The quantitative estimate of drug-likeness (QED) is 0.829. The third-order valence-corrected chi connectivity index (χ3v) is 2.43. The minimum atomic E-state index is 0.613. The van der Waals surface area contributed by atoms with Crippen LogP contribution in [0.25, 0.3) is 11.3 Å². The molecule has 0 aliphatic carbocycles. The first-order chi connectivity index (χ1) is 7.33. The van der Waals surface area contributed by atoms with Crippen LogP contribution >= 0.6 is 0 Å². The van der Waals surface area contributed by atoms with Crippen LogP contribution in [-0.2, 0) is 6.42 Å². The molecule has 1 heterocycles. The van der Waals surface area contributed by atoms with Gasteiger partial charge in [0.15, 0.2) is 0 Å². The lowest BCUT2D eigenvalue weighted by Gasteiger charge is -1.99. The van der Waals surface area contributed by atoms with E-state index in [1.165, 1.54) is 0 Å². The summed E-state index contributed by atoms with van der Waals surface area (Å²) in [5.74, 6) is 0.860. The van der Waals surface area contributed by atoms with Gasteiger partial charge in [0, 0.05) is 11.1 Å². The number of nitrogens with zero attached hydrogens (tertiary/aromatic N) is 1. The molecule has 1 aromatic heterocycles. The van der Waals surface area contributed by atoms with Crippen molar-refractivity contribution in [3.05, 3.63) is 41.7 Å². The molecule has 2 N–H and O–H groups in total. The maximum Gasteiger partial charge on any atom is 0.137 e. The Kier molecular flexibility index (Phi) is 2.83. The van der Waals surface area contributed by atoms with Gasteiger partial charge in [-0.2, -0.15) is 0 Å². The summed E-state index contributed by atoms with van der Waals surface area (Å²) < 4.78 is 5.20. The van der Waals surface area contributed by atoms with E-state index in [0.717, 1.165) is 29.0 Å². The first-order valence-electron chi connectivity index (χ1n) is 5.03. The molecule has 0 saturated carbocycles. The standard InChI is InChI=1S/C12H14N2O/c1-9-11(7-8-13)12(14-15-9)10-5-3-2-4-6-10/h2-6H,7-8,13H2,1H3. The molecule has 0 saturated heterocycles. The predicted molar refractivity (Wildman–Crippen MR) is 59.4 cm³/mol. The average Bonchev–Trinajstić information content (AvgIpc) is 2.63. The molecule has 0 aliphatic heterocycles. The largest absolute Gasteiger partial charge is 0.361 e. The third kappa shape index (κ3) is 1.92. The van der Waals surface area contributed by atoms with Gasteiger partial charge in [-0.3, -0.25) is 0 Å². The number of rotatable bonds is 3. The van der Waals surface area contributed by atoms with Crippen LogP contribution in [0, 0.1) is 6.92 Å². The third-order valence-electron chi connectivity index (χ3n) is 2.43. The zero-order valence-corrected chi connectivity index (χ0v) is 8.73. The van der Waals surface area contributed by atoms with Crippen LogP contribution in [0.15, 0.2) is 34.9 Å². The number of benzene rings is 1.